The molecule has 6 heteroatoms. The second-order valence-electron chi connectivity index (χ2n) is 4.91. The molecule has 2 aromatic carbocycles. The van der Waals surface area contributed by atoms with Gasteiger partial charge in [-0.3, -0.25) is 4.79 Å². The first-order chi connectivity index (χ1) is 11.6. The van der Waals surface area contributed by atoms with Crippen molar-refractivity contribution in [2.75, 3.05) is 40.3 Å². The highest BCUT2D eigenvalue weighted by Gasteiger charge is 2.12. The van der Waals surface area contributed by atoms with E-state index in [2.05, 4.69) is 5.32 Å². The van der Waals surface area contributed by atoms with Crippen LogP contribution >= 0.6 is 0 Å². The van der Waals surface area contributed by atoms with E-state index in [-0.39, 0.29) is 12.3 Å². The monoisotopic (exact) mass is 331 g/mol. The number of hydrogen-bond donors (Lipinski definition) is 1. The van der Waals surface area contributed by atoms with E-state index in [9.17, 15) is 4.79 Å². The van der Waals surface area contributed by atoms with Crippen molar-refractivity contribution in [3.8, 4) is 23.0 Å². The van der Waals surface area contributed by atoms with Gasteiger partial charge in [0, 0.05) is 11.6 Å². The first-order valence-electron chi connectivity index (χ1n) is 7.34. The number of methoxy groups -OCH3 is 4. The Morgan fingerprint density at radius 2 is 1.54 bits per heavy atom. The lowest BCUT2D eigenvalue weighted by atomic mass is 10.1. The average molecular weight is 331 g/mol. The molecule has 6 nitrogen and oxygen atoms in total. The van der Waals surface area contributed by atoms with E-state index in [1.54, 1.807) is 57.7 Å². The number of hydrogen-bond acceptors (Lipinski definition) is 6. The minimum Gasteiger partial charge on any atom is -0.497 e. The van der Waals surface area contributed by atoms with Gasteiger partial charge in [0.2, 0.25) is 0 Å². The third kappa shape index (κ3) is 3.90. The zero-order valence-corrected chi connectivity index (χ0v) is 14.2. The van der Waals surface area contributed by atoms with Crippen molar-refractivity contribution in [3.05, 3.63) is 42.0 Å². The van der Waals surface area contributed by atoms with Crippen LogP contribution in [0.4, 0.5) is 5.69 Å². The van der Waals surface area contributed by atoms with Crippen LogP contribution in [0.25, 0.3) is 0 Å². The van der Waals surface area contributed by atoms with Crippen LogP contribution in [0.3, 0.4) is 0 Å². The summed E-state index contributed by atoms with van der Waals surface area (Å²) in [7, 11) is 6.24. The molecule has 0 fully saturated rings. The Labute approximate surface area is 141 Å². The summed E-state index contributed by atoms with van der Waals surface area (Å²) >= 11 is 0. The summed E-state index contributed by atoms with van der Waals surface area (Å²) in [5, 5.41) is 3.08. The Hall–Kier alpha value is -2.89. The molecule has 0 heterocycles. The molecule has 0 atom stereocenters. The summed E-state index contributed by atoms with van der Waals surface area (Å²) in [6.45, 7) is 0.123. The quantitative estimate of drug-likeness (QED) is 0.750. The van der Waals surface area contributed by atoms with Crippen LogP contribution in [-0.2, 0) is 0 Å². The van der Waals surface area contributed by atoms with Crippen molar-refractivity contribution in [2.24, 2.45) is 0 Å². The van der Waals surface area contributed by atoms with Gasteiger partial charge in [0.25, 0.3) is 0 Å². The number of anilines is 1. The number of ether oxygens (including phenoxy) is 4. The molecule has 0 unspecified atom stereocenters. The first-order valence-corrected chi connectivity index (χ1v) is 7.34. The molecule has 0 radical (unpaired) electrons. The van der Waals surface area contributed by atoms with Crippen LogP contribution in [0.15, 0.2) is 36.4 Å². The molecule has 0 aliphatic carbocycles. The Balaban J connectivity index is 2.11. The van der Waals surface area contributed by atoms with Gasteiger partial charge >= 0.3 is 0 Å². The Morgan fingerprint density at radius 3 is 2.17 bits per heavy atom. The fourth-order valence-corrected chi connectivity index (χ4v) is 2.23. The van der Waals surface area contributed by atoms with Gasteiger partial charge in [-0.25, -0.2) is 0 Å². The smallest absolute Gasteiger partial charge is 0.181 e. The number of ketones is 1. The number of carbonyl (C=O) groups is 1. The molecule has 0 amide bonds. The van der Waals surface area contributed by atoms with E-state index in [1.807, 2.05) is 0 Å². The standard InChI is InChI=1S/C18H21NO5/c1-21-13-6-7-14(17(10-13)23-3)19-11-15(20)12-5-8-16(22-2)18(9-12)24-4/h5-10,19H,11H2,1-4H3. The third-order valence-electron chi connectivity index (χ3n) is 3.55. The zero-order valence-electron chi connectivity index (χ0n) is 14.2. The van der Waals surface area contributed by atoms with Crippen LogP contribution in [0, 0.1) is 0 Å². The highest BCUT2D eigenvalue weighted by Crippen LogP contribution is 2.30. The van der Waals surface area contributed by atoms with E-state index in [0.29, 0.717) is 34.2 Å². The van der Waals surface area contributed by atoms with Gasteiger partial charge in [0.15, 0.2) is 17.3 Å². The molecule has 2 aromatic rings. The van der Waals surface area contributed by atoms with Crippen molar-refractivity contribution in [3.63, 3.8) is 0 Å². The molecule has 1 N–H and O–H groups in total. The molecular formula is C18H21NO5. The summed E-state index contributed by atoms with van der Waals surface area (Å²) in [5.74, 6) is 2.32. The van der Waals surface area contributed by atoms with Gasteiger partial charge in [0.1, 0.15) is 11.5 Å². The minimum atomic E-state index is -0.0752. The summed E-state index contributed by atoms with van der Waals surface area (Å²) < 4.78 is 20.8. The van der Waals surface area contributed by atoms with Crippen LogP contribution < -0.4 is 24.3 Å². The lowest BCUT2D eigenvalue weighted by molar-refractivity contribution is 0.101. The molecule has 0 aliphatic heterocycles. The molecule has 24 heavy (non-hydrogen) atoms. The maximum absolute atomic E-state index is 12.4. The minimum absolute atomic E-state index is 0.0752. The number of rotatable bonds is 8. The highest BCUT2D eigenvalue weighted by atomic mass is 16.5. The van der Waals surface area contributed by atoms with E-state index in [0.717, 1.165) is 0 Å². The SMILES string of the molecule is COc1ccc(NCC(=O)c2ccc(OC)c(OC)c2)c(OC)c1. The van der Waals surface area contributed by atoms with Gasteiger partial charge in [-0.05, 0) is 30.3 Å². The Kier molecular flexibility index (Phi) is 5.89. The molecular weight excluding hydrogens is 310 g/mol. The molecule has 0 bridgehead atoms. The van der Waals surface area contributed by atoms with Crippen LogP contribution in [0.5, 0.6) is 23.0 Å². The van der Waals surface area contributed by atoms with Gasteiger partial charge in [0.05, 0.1) is 40.7 Å². The number of Topliss-reactive ketones (excluding diaryl/α,β-unsaturated/α-hetero) is 1. The van der Waals surface area contributed by atoms with Gasteiger partial charge in [-0.15, -0.1) is 0 Å². The summed E-state index contributed by atoms with van der Waals surface area (Å²) in [4.78, 5) is 12.4. The predicted molar refractivity (Wildman–Crippen MR) is 91.9 cm³/mol. The van der Waals surface area contributed by atoms with Crippen molar-refractivity contribution in [2.45, 2.75) is 0 Å². The highest BCUT2D eigenvalue weighted by molar-refractivity contribution is 5.99. The van der Waals surface area contributed by atoms with Crippen LogP contribution in [0.2, 0.25) is 0 Å². The number of nitrogens with one attached hydrogen (secondary N) is 1. The predicted octanol–water partition coefficient (Wildman–Crippen LogP) is 3.02. The lowest BCUT2D eigenvalue weighted by Gasteiger charge is -2.13. The molecule has 0 spiro atoms. The summed E-state index contributed by atoms with van der Waals surface area (Å²) in [5.41, 5.74) is 1.25. The lowest BCUT2D eigenvalue weighted by Crippen LogP contribution is -2.14. The Bertz CT molecular complexity index is 715. The van der Waals surface area contributed by atoms with E-state index >= 15 is 0 Å². The number of benzene rings is 2. The molecule has 128 valence electrons. The summed E-state index contributed by atoms with van der Waals surface area (Å²) in [6.07, 6.45) is 0. The van der Waals surface area contributed by atoms with Crippen LogP contribution in [-0.4, -0.2) is 40.8 Å². The number of carbonyl (C=O) groups excluding carboxylic acids is 1. The van der Waals surface area contributed by atoms with E-state index in [4.69, 9.17) is 18.9 Å². The maximum Gasteiger partial charge on any atom is 0.181 e. The second-order valence-corrected chi connectivity index (χ2v) is 4.91. The van der Waals surface area contributed by atoms with Gasteiger partial charge < -0.3 is 24.3 Å². The van der Waals surface area contributed by atoms with Crippen molar-refractivity contribution < 1.29 is 23.7 Å². The molecule has 0 saturated carbocycles. The van der Waals surface area contributed by atoms with Gasteiger partial charge in [-0.1, -0.05) is 0 Å². The molecule has 0 saturated heterocycles. The fraction of sp³-hybridized carbons (Fsp3) is 0.278. The molecule has 0 aromatic heterocycles. The average Bonchev–Trinajstić information content (AvgIpc) is 2.65. The van der Waals surface area contributed by atoms with Crippen LogP contribution in [0.1, 0.15) is 10.4 Å². The summed E-state index contributed by atoms with van der Waals surface area (Å²) in [6, 6.07) is 10.4. The van der Waals surface area contributed by atoms with Crippen molar-refractivity contribution in [1.82, 2.24) is 0 Å². The van der Waals surface area contributed by atoms with Crippen molar-refractivity contribution >= 4 is 11.5 Å². The molecule has 0 aliphatic rings. The second kappa shape index (κ2) is 8.10. The maximum atomic E-state index is 12.4. The Morgan fingerprint density at radius 1 is 0.833 bits per heavy atom. The fourth-order valence-electron chi connectivity index (χ4n) is 2.23. The third-order valence-corrected chi connectivity index (χ3v) is 3.55. The topological polar surface area (TPSA) is 66.0 Å². The van der Waals surface area contributed by atoms with E-state index < -0.39 is 0 Å². The zero-order chi connectivity index (χ0) is 17.5. The first kappa shape index (κ1) is 17.5. The van der Waals surface area contributed by atoms with E-state index in [1.165, 1.54) is 7.11 Å². The molecule has 2 rings (SSSR count). The van der Waals surface area contributed by atoms with Gasteiger partial charge in [-0.2, -0.15) is 0 Å². The van der Waals surface area contributed by atoms with Crippen molar-refractivity contribution in [1.29, 1.82) is 0 Å². The largest absolute Gasteiger partial charge is 0.497 e. The normalized spacial score (nSPS) is 10.0.